The van der Waals surface area contributed by atoms with Crippen molar-refractivity contribution in [3.8, 4) is 11.3 Å². The number of carbonyl (C=O) groups is 1. The fraction of sp³-hybridized carbons (Fsp3) is 0.136. The molecular formula is C22H21N5OS2. The molecule has 6 nitrogen and oxygen atoms in total. The predicted octanol–water partition coefficient (Wildman–Crippen LogP) is 4.50. The summed E-state index contributed by atoms with van der Waals surface area (Å²) in [6.07, 6.45) is 2.08. The van der Waals surface area contributed by atoms with Gasteiger partial charge in [0.25, 0.3) is 0 Å². The molecule has 0 fully saturated rings. The molecule has 30 heavy (non-hydrogen) atoms. The number of aryl methyl sites for hydroxylation is 1. The summed E-state index contributed by atoms with van der Waals surface area (Å²) >= 11 is 3.01. The van der Waals surface area contributed by atoms with Crippen molar-refractivity contribution < 1.29 is 4.79 Å². The standard InChI is InChI=1S/C22H21N5OS2/c1-15-7-9-17(10-8-15)24-20(28)11-21-25-18(13-29-21)14-30-22-26-19(12-27(22)23)16-5-3-2-4-6-16/h2-10,12-13H,11,14,23H2,1H3,(H,24,28). The van der Waals surface area contributed by atoms with Crippen molar-refractivity contribution in [2.75, 3.05) is 11.2 Å². The molecule has 8 heteroatoms. The fourth-order valence-corrected chi connectivity index (χ4v) is 4.53. The third-order valence-corrected chi connectivity index (χ3v) is 6.26. The van der Waals surface area contributed by atoms with Crippen LogP contribution in [0.25, 0.3) is 11.3 Å². The summed E-state index contributed by atoms with van der Waals surface area (Å²) in [5.41, 5.74) is 4.73. The number of aromatic nitrogens is 3. The van der Waals surface area contributed by atoms with Crippen LogP contribution >= 0.6 is 23.1 Å². The van der Waals surface area contributed by atoms with E-state index >= 15 is 0 Å². The van der Waals surface area contributed by atoms with Gasteiger partial charge in [0.05, 0.1) is 24.0 Å². The molecule has 0 saturated heterocycles. The van der Waals surface area contributed by atoms with Crippen molar-refractivity contribution in [2.45, 2.75) is 24.3 Å². The highest BCUT2D eigenvalue weighted by Gasteiger charge is 2.12. The first kappa shape index (κ1) is 20.2. The zero-order chi connectivity index (χ0) is 20.9. The van der Waals surface area contributed by atoms with Crippen molar-refractivity contribution >= 4 is 34.7 Å². The van der Waals surface area contributed by atoms with Gasteiger partial charge in [-0.25, -0.2) is 14.6 Å². The summed E-state index contributed by atoms with van der Waals surface area (Å²) in [7, 11) is 0. The first-order valence-electron chi connectivity index (χ1n) is 9.39. The molecule has 0 atom stereocenters. The van der Waals surface area contributed by atoms with Crippen molar-refractivity contribution in [3.63, 3.8) is 0 Å². The van der Waals surface area contributed by atoms with Crippen LogP contribution in [0.1, 0.15) is 16.3 Å². The maximum Gasteiger partial charge on any atom is 0.231 e. The molecule has 0 aliphatic rings. The highest BCUT2D eigenvalue weighted by molar-refractivity contribution is 7.98. The number of imidazole rings is 1. The number of hydrogen-bond acceptors (Lipinski definition) is 6. The Labute approximate surface area is 183 Å². The van der Waals surface area contributed by atoms with Crippen LogP contribution in [0, 0.1) is 6.92 Å². The molecule has 2 aromatic carbocycles. The average Bonchev–Trinajstić information content (AvgIpc) is 3.35. The van der Waals surface area contributed by atoms with E-state index in [4.69, 9.17) is 5.84 Å². The largest absolute Gasteiger partial charge is 0.337 e. The third-order valence-electron chi connectivity index (χ3n) is 4.36. The van der Waals surface area contributed by atoms with E-state index < -0.39 is 0 Å². The number of hydrogen-bond donors (Lipinski definition) is 2. The Morgan fingerprint density at radius 1 is 1.13 bits per heavy atom. The van der Waals surface area contributed by atoms with Crippen LogP contribution in [-0.2, 0) is 17.0 Å². The van der Waals surface area contributed by atoms with E-state index in [0.717, 1.165) is 38.4 Å². The summed E-state index contributed by atoms with van der Waals surface area (Å²) < 4.78 is 1.54. The second-order valence-corrected chi connectivity index (χ2v) is 8.68. The van der Waals surface area contributed by atoms with Crippen LogP contribution in [0.3, 0.4) is 0 Å². The zero-order valence-electron chi connectivity index (χ0n) is 16.4. The van der Waals surface area contributed by atoms with Gasteiger partial charge in [0, 0.05) is 22.4 Å². The second kappa shape index (κ2) is 9.15. The lowest BCUT2D eigenvalue weighted by Gasteiger charge is -2.04. The molecule has 4 aromatic rings. The maximum absolute atomic E-state index is 12.3. The fourth-order valence-electron chi connectivity index (χ4n) is 2.85. The number of thiazole rings is 1. The highest BCUT2D eigenvalue weighted by atomic mass is 32.2. The number of benzene rings is 2. The molecule has 0 saturated carbocycles. The van der Waals surface area contributed by atoms with E-state index in [-0.39, 0.29) is 12.3 Å². The van der Waals surface area contributed by atoms with Crippen molar-refractivity contribution in [3.05, 3.63) is 82.4 Å². The van der Waals surface area contributed by atoms with Crippen LogP contribution in [0.15, 0.2) is 71.3 Å². The third kappa shape index (κ3) is 5.08. The van der Waals surface area contributed by atoms with E-state index in [1.54, 1.807) is 0 Å². The van der Waals surface area contributed by atoms with Crippen molar-refractivity contribution in [1.29, 1.82) is 0 Å². The van der Waals surface area contributed by atoms with Gasteiger partial charge in [-0.2, -0.15) is 0 Å². The highest BCUT2D eigenvalue weighted by Crippen LogP contribution is 2.26. The van der Waals surface area contributed by atoms with Gasteiger partial charge in [0.1, 0.15) is 5.01 Å². The number of rotatable bonds is 7. The lowest BCUT2D eigenvalue weighted by molar-refractivity contribution is -0.115. The minimum Gasteiger partial charge on any atom is -0.337 e. The molecular weight excluding hydrogens is 414 g/mol. The Hall–Kier alpha value is -3.10. The van der Waals surface area contributed by atoms with E-state index in [1.807, 2.05) is 73.1 Å². The summed E-state index contributed by atoms with van der Waals surface area (Å²) in [5.74, 6) is 6.62. The van der Waals surface area contributed by atoms with E-state index in [1.165, 1.54) is 27.8 Å². The Balaban J connectivity index is 1.33. The molecule has 4 rings (SSSR count). The smallest absolute Gasteiger partial charge is 0.231 e. The molecule has 0 radical (unpaired) electrons. The Kier molecular flexibility index (Phi) is 6.15. The lowest BCUT2D eigenvalue weighted by Crippen LogP contribution is -2.14. The first-order valence-corrected chi connectivity index (χ1v) is 11.3. The minimum absolute atomic E-state index is 0.0718. The van der Waals surface area contributed by atoms with Gasteiger partial charge < -0.3 is 11.2 Å². The van der Waals surface area contributed by atoms with Crippen LogP contribution in [0.2, 0.25) is 0 Å². The number of anilines is 1. The van der Waals surface area contributed by atoms with Gasteiger partial charge in [-0.3, -0.25) is 4.79 Å². The summed E-state index contributed by atoms with van der Waals surface area (Å²) in [5, 5.41) is 6.39. The molecule has 0 aliphatic heterocycles. The summed E-state index contributed by atoms with van der Waals surface area (Å²) in [6, 6.07) is 17.7. The average molecular weight is 436 g/mol. The molecule has 0 spiro atoms. The normalized spacial score (nSPS) is 10.8. The first-order chi connectivity index (χ1) is 14.6. The monoisotopic (exact) mass is 435 g/mol. The van der Waals surface area contributed by atoms with E-state index in [9.17, 15) is 4.79 Å². The lowest BCUT2D eigenvalue weighted by atomic mass is 10.2. The molecule has 0 bridgehead atoms. The number of nitrogens with one attached hydrogen (secondary N) is 1. The van der Waals surface area contributed by atoms with Crippen molar-refractivity contribution in [1.82, 2.24) is 14.6 Å². The number of nitrogens with zero attached hydrogens (tertiary/aromatic N) is 3. The zero-order valence-corrected chi connectivity index (χ0v) is 18.0. The van der Waals surface area contributed by atoms with Crippen LogP contribution < -0.4 is 11.2 Å². The molecule has 3 N–H and O–H groups in total. The minimum atomic E-state index is -0.0718. The van der Waals surface area contributed by atoms with Gasteiger partial charge in [0.2, 0.25) is 5.91 Å². The molecule has 1 amide bonds. The second-order valence-electron chi connectivity index (χ2n) is 6.79. The Morgan fingerprint density at radius 2 is 1.90 bits per heavy atom. The van der Waals surface area contributed by atoms with Gasteiger partial charge >= 0.3 is 0 Å². The van der Waals surface area contributed by atoms with Crippen LogP contribution in [-0.4, -0.2) is 20.6 Å². The quantitative estimate of drug-likeness (QED) is 0.330. The number of nitrogen functional groups attached to an aromatic ring is 1. The maximum atomic E-state index is 12.3. The summed E-state index contributed by atoms with van der Waals surface area (Å²) in [4.78, 5) is 21.4. The Morgan fingerprint density at radius 3 is 2.67 bits per heavy atom. The summed E-state index contributed by atoms with van der Waals surface area (Å²) in [6.45, 7) is 2.01. The SMILES string of the molecule is Cc1ccc(NC(=O)Cc2nc(CSc3nc(-c4ccccc4)cn3N)cs2)cc1. The predicted molar refractivity (Wildman–Crippen MR) is 123 cm³/mol. The van der Waals surface area contributed by atoms with Gasteiger partial charge in [-0.1, -0.05) is 59.8 Å². The molecule has 0 unspecified atom stereocenters. The van der Waals surface area contributed by atoms with Crippen molar-refractivity contribution in [2.24, 2.45) is 0 Å². The molecule has 152 valence electrons. The van der Waals surface area contributed by atoms with Crippen LogP contribution in [0.5, 0.6) is 0 Å². The van der Waals surface area contributed by atoms with Gasteiger partial charge in [-0.15, -0.1) is 11.3 Å². The number of thioether (sulfide) groups is 1. The molecule has 0 aliphatic carbocycles. The number of nitrogens with two attached hydrogens (primary N) is 1. The molecule has 2 aromatic heterocycles. The number of carbonyl (C=O) groups excluding carboxylic acids is 1. The van der Waals surface area contributed by atoms with E-state index in [0.29, 0.717) is 5.75 Å². The number of amides is 1. The van der Waals surface area contributed by atoms with Gasteiger partial charge in [-0.05, 0) is 19.1 Å². The molecule has 2 heterocycles. The van der Waals surface area contributed by atoms with E-state index in [2.05, 4.69) is 15.3 Å². The van der Waals surface area contributed by atoms with Crippen LogP contribution in [0.4, 0.5) is 5.69 Å². The Bertz CT molecular complexity index is 1140. The topological polar surface area (TPSA) is 85.8 Å². The van der Waals surface area contributed by atoms with Gasteiger partial charge in [0.15, 0.2) is 5.16 Å².